The molecule has 0 atom stereocenters. The Labute approximate surface area is 112 Å². The number of halogens is 4. The highest BCUT2D eigenvalue weighted by Crippen LogP contribution is 2.17. The molecule has 0 aromatic heterocycles. The third-order valence-electron chi connectivity index (χ3n) is 2.53. The van der Waals surface area contributed by atoms with Gasteiger partial charge in [0.15, 0.2) is 5.78 Å². The van der Waals surface area contributed by atoms with Crippen LogP contribution in [0.1, 0.15) is 15.9 Å². The monoisotopic (exact) mass is 284 g/mol. The molecule has 0 bridgehead atoms. The lowest BCUT2D eigenvalue weighted by atomic mass is 10.0. The second-order valence-electron chi connectivity index (χ2n) is 4.01. The second kappa shape index (κ2) is 5.45. The van der Waals surface area contributed by atoms with E-state index in [0.29, 0.717) is 11.6 Å². The molecule has 0 aliphatic carbocycles. The van der Waals surface area contributed by atoms with Crippen LogP contribution in [0.2, 0.25) is 5.02 Å². The van der Waals surface area contributed by atoms with Crippen molar-refractivity contribution >= 4 is 17.4 Å². The smallest absolute Gasteiger partial charge is 0.167 e. The van der Waals surface area contributed by atoms with Gasteiger partial charge in [0.1, 0.15) is 17.5 Å². The van der Waals surface area contributed by atoms with Crippen LogP contribution in [0.3, 0.4) is 0 Å². The molecule has 0 spiro atoms. The Hall–Kier alpha value is -1.81. The number of benzene rings is 2. The van der Waals surface area contributed by atoms with Gasteiger partial charge in [0.2, 0.25) is 0 Å². The summed E-state index contributed by atoms with van der Waals surface area (Å²) in [6, 6.07) is 6.49. The van der Waals surface area contributed by atoms with Gasteiger partial charge < -0.3 is 0 Å². The van der Waals surface area contributed by atoms with Gasteiger partial charge in [-0.05, 0) is 29.8 Å². The van der Waals surface area contributed by atoms with Crippen molar-refractivity contribution in [2.45, 2.75) is 6.42 Å². The number of carbonyl (C=O) groups is 1. The van der Waals surface area contributed by atoms with E-state index in [0.717, 1.165) is 18.2 Å². The lowest BCUT2D eigenvalue weighted by Gasteiger charge is -2.03. The summed E-state index contributed by atoms with van der Waals surface area (Å²) >= 11 is 5.52. The van der Waals surface area contributed by atoms with Crippen LogP contribution in [0, 0.1) is 17.5 Å². The van der Waals surface area contributed by atoms with Gasteiger partial charge in [-0.1, -0.05) is 17.7 Å². The molecule has 0 saturated carbocycles. The van der Waals surface area contributed by atoms with E-state index in [1.807, 2.05) is 0 Å². The van der Waals surface area contributed by atoms with Crippen molar-refractivity contribution in [1.29, 1.82) is 0 Å². The quantitative estimate of drug-likeness (QED) is 0.773. The van der Waals surface area contributed by atoms with E-state index < -0.39 is 23.2 Å². The Kier molecular flexibility index (Phi) is 3.90. The van der Waals surface area contributed by atoms with Gasteiger partial charge in [-0.15, -0.1) is 0 Å². The van der Waals surface area contributed by atoms with Crippen molar-refractivity contribution in [3.05, 3.63) is 70.0 Å². The summed E-state index contributed by atoms with van der Waals surface area (Å²) in [7, 11) is 0. The summed E-state index contributed by atoms with van der Waals surface area (Å²) in [5.74, 6) is -2.80. The average molecular weight is 285 g/mol. The highest BCUT2D eigenvalue weighted by atomic mass is 35.5. The number of Topliss-reactive ketones (excluding diaryl/α,β-unsaturated/α-hetero) is 1. The van der Waals surface area contributed by atoms with E-state index in [1.54, 1.807) is 0 Å². The van der Waals surface area contributed by atoms with Crippen LogP contribution < -0.4 is 0 Å². The van der Waals surface area contributed by atoms with Crippen molar-refractivity contribution in [2.75, 3.05) is 0 Å². The fourth-order valence-corrected chi connectivity index (χ4v) is 1.77. The standard InChI is InChI=1S/C14H8ClF3O/c15-12-2-1-8(3-13(12)18)4-14(19)9-5-10(16)7-11(17)6-9/h1-3,5-7H,4H2. The Balaban J connectivity index is 2.22. The number of rotatable bonds is 3. The topological polar surface area (TPSA) is 17.1 Å². The molecule has 2 aromatic carbocycles. The van der Waals surface area contributed by atoms with Crippen molar-refractivity contribution in [1.82, 2.24) is 0 Å². The normalized spacial score (nSPS) is 10.5. The highest BCUT2D eigenvalue weighted by molar-refractivity contribution is 6.30. The van der Waals surface area contributed by atoms with Gasteiger partial charge >= 0.3 is 0 Å². The zero-order valence-electron chi connectivity index (χ0n) is 9.59. The first-order valence-electron chi connectivity index (χ1n) is 5.39. The fraction of sp³-hybridized carbons (Fsp3) is 0.0714. The molecule has 98 valence electrons. The summed E-state index contributed by atoms with van der Waals surface area (Å²) in [5.41, 5.74) is 0.296. The Morgan fingerprint density at radius 3 is 2.21 bits per heavy atom. The van der Waals surface area contributed by atoms with E-state index in [1.165, 1.54) is 12.1 Å². The van der Waals surface area contributed by atoms with Crippen LogP contribution in [0.5, 0.6) is 0 Å². The number of ketones is 1. The summed E-state index contributed by atoms with van der Waals surface area (Å²) < 4.78 is 39.1. The maximum Gasteiger partial charge on any atom is 0.167 e. The average Bonchev–Trinajstić information content (AvgIpc) is 2.32. The SMILES string of the molecule is O=C(Cc1ccc(Cl)c(F)c1)c1cc(F)cc(F)c1. The second-order valence-corrected chi connectivity index (χ2v) is 4.41. The summed E-state index contributed by atoms with van der Waals surface area (Å²) in [6.07, 6.45) is -0.156. The molecular weight excluding hydrogens is 277 g/mol. The van der Waals surface area contributed by atoms with Crippen LogP contribution in [-0.4, -0.2) is 5.78 Å². The number of hydrogen-bond acceptors (Lipinski definition) is 1. The molecule has 0 N–H and O–H groups in total. The van der Waals surface area contributed by atoms with Gasteiger partial charge in [0.05, 0.1) is 5.02 Å². The Morgan fingerprint density at radius 1 is 1.00 bits per heavy atom. The molecule has 0 amide bonds. The zero-order valence-corrected chi connectivity index (χ0v) is 10.3. The molecule has 0 saturated heterocycles. The molecule has 0 aliphatic heterocycles. The number of hydrogen-bond donors (Lipinski definition) is 0. The van der Waals surface area contributed by atoms with Crippen molar-refractivity contribution in [3.8, 4) is 0 Å². The van der Waals surface area contributed by atoms with E-state index in [-0.39, 0.29) is 17.0 Å². The van der Waals surface area contributed by atoms with Gasteiger partial charge in [0, 0.05) is 18.1 Å². The summed E-state index contributed by atoms with van der Waals surface area (Å²) in [4.78, 5) is 11.8. The summed E-state index contributed by atoms with van der Waals surface area (Å²) in [5, 5.41) is -0.0481. The highest BCUT2D eigenvalue weighted by Gasteiger charge is 2.11. The van der Waals surface area contributed by atoms with Crippen LogP contribution in [0.4, 0.5) is 13.2 Å². The minimum absolute atomic E-state index is 0.0481. The van der Waals surface area contributed by atoms with Crippen LogP contribution >= 0.6 is 11.6 Å². The molecule has 0 radical (unpaired) electrons. The van der Waals surface area contributed by atoms with E-state index in [4.69, 9.17) is 11.6 Å². The minimum Gasteiger partial charge on any atom is -0.294 e. The fourth-order valence-electron chi connectivity index (χ4n) is 1.65. The van der Waals surface area contributed by atoms with Crippen LogP contribution in [0.15, 0.2) is 36.4 Å². The van der Waals surface area contributed by atoms with Gasteiger partial charge in [-0.25, -0.2) is 13.2 Å². The third-order valence-corrected chi connectivity index (χ3v) is 2.84. The molecule has 2 rings (SSSR count). The predicted octanol–water partition coefficient (Wildman–Crippen LogP) is 4.18. The minimum atomic E-state index is -0.828. The van der Waals surface area contributed by atoms with Crippen LogP contribution in [0.25, 0.3) is 0 Å². The first kappa shape index (κ1) is 13.6. The Bertz CT molecular complexity index is 620. The van der Waals surface area contributed by atoms with Crippen molar-refractivity contribution in [3.63, 3.8) is 0 Å². The Morgan fingerprint density at radius 2 is 1.63 bits per heavy atom. The van der Waals surface area contributed by atoms with Crippen LogP contribution in [-0.2, 0) is 6.42 Å². The van der Waals surface area contributed by atoms with Gasteiger partial charge in [-0.2, -0.15) is 0 Å². The van der Waals surface area contributed by atoms with Gasteiger partial charge in [-0.3, -0.25) is 4.79 Å². The zero-order chi connectivity index (χ0) is 14.0. The maximum atomic E-state index is 13.2. The van der Waals surface area contributed by atoms with Crippen molar-refractivity contribution in [2.24, 2.45) is 0 Å². The molecule has 0 heterocycles. The largest absolute Gasteiger partial charge is 0.294 e. The first-order valence-corrected chi connectivity index (χ1v) is 5.77. The number of carbonyl (C=O) groups excluding carboxylic acids is 1. The molecular formula is C14H8ClF3O. The molecule has 1 nitrogen and oxygen atoms in total. The maximum absolute atomic E-state index is 13.2. The molecule has 0 unspecified atom stereocenters. The van der Waals surface area contributed by atoms with E-state index in [2.05, 4.69) is 0 Å². The molecule has 0 aliphatic rings. The lowest BCUT2D eigenvalue weighted by Crippen LogP contribution is -2.05. The summed E-state index contributed by atoms with van der Waals surface area (Å²) in [6.45, 7) is 0. The van der Waals surface area contributed by atoms with Crippen molar-refractivity contribution < 1.29 is 18.0 Å². The first-order chi connectivity index (χ1) is 8.95. The predicted molar refractivity (Wildman–Crippen MR) is 65.8 cm³/mol. The molecule has 2 aromatic rings. The van der Waals surface area contributed by atoms with E-state index >= 15 is 0 Å². The molecule has 5 heteroatoms. The molecule has 0 fully saturated rings. The lowest BCUT2D eigenvalue weighted by molar-refractivity contribution is 0.0992. The van der Waals surface area contributed by atoms with Gasteiger partial charge in [0.25, 0.3) is 0 Å². The van der Waals surface area contributed by atoms with E-state index in [9.17, 15) is 18.0 Å². The third kappa shape index (κ3) is 3.35. The molecule has 19 heavy (non-hydrogen) atoms.